The fourth-order valence-corrected chi connectivity index (χ4v) is 1.79. The van der Waals surface area contributed by atoms with Gasteiger partial charge in [0.05, 0.1) is 18.5 Å². The third-order valence-electron chi connectivity index (χ3n) is 2.88. The molecule has 3 nitrogen and oxygen atoms in total. The van der Waals surface area contributed by atoms with Gasteiger partial charge in [-0.15, -0.1) is 0 Å². The second-order valence-electron chi connectivity index (χ2n) is 4.59. The van der Waals surface area contributed by atoms with Gasteiger partial charge >= 0.3 is 0 Å². The fraction of sp³-hybridized carbons (Fsp3) is 0.917. The molecular formula is C12H24N2O. The maximum Gasteiger partial charge on any atom is 0.0966 e. The molecule has 0 bridgehead atoms. The number of nitrogens with one attached hydrogen (secondary N) is 1. The summed E-state index contributed by atoms with van der Waals surface area (Å²) in [5.41, 5.74) is 0. The van der Waals surface area contributed by atoms with Crippen LogP contribution in [0.25, 0.3) is 0 Å². The summed E-state index contributed by atoms with van der Waals surface area (Å²) in [7, 11) is 1.76. The fourth-order valence-electron chi connectivity index (χ4n) is 1.79. The van der Waals surface area contributed by atoms with Crippen molar-refractivity contribution < 1.29 is 4.74 Å². The first-order valence-electron chi connectivity index (χ1n) is 6.03. The average molecular weight is 212 g/mol. The van der Waals surface area contributed by atoms with Gasteiger partial charge in [-0.2, -0.15) is 0 Å². The van der Waals surface area contributed by atoms with Crippen molar-refractivity contribution in [3.8, 4) is 0 Å². The van der Waals surface area contributed by atoms with Gasteiger partial charge in [-0.25, -0.2) is 0 Å². The van der Waals surface area contributed by atoms with Crippen LogP contribution in [0.15, 0.2) is 4.99 Å². The predicted molar refractivity (Wildman–Crippen MR) is 64.4 cm³/mol. The Hall–Kier alpha value is -0.570. The molecule has 1 atom stereocenters. The number of hydrogen-bond acceptors (Lipinski definition) is 3. The first-order chi connectivity index (χ1) is 7.24. The quantitative estimate of drug-likeness (QED) is 0.775. The number of hydrogen-bond donors (Lipinski definition) is 1. The van der Waals surface area contributed by atoms with Crippen LogP contribution < -0.4 is 5.32 Å². The first-order valence-corrected chi connectivity index (χ1v) is 6.03. The minimum Gasteiger partial charge on any atom is -0.383 e. The Labute approximate surface area is 93.3 Å². The Morgan fingerprint density at radius 1 is 1.33 bits per heavy atom. The van der Waals surface area contributed by atoms with Crippen molar-refractivity contribution in [2.45, 2.75) is 45.6 Å². The molecular weight excluding hydrogens is 188 g/mol. The molecule has 3 heteroatoms. The normalized spacial score (nSPS) is 19.6. The lowest BCUT2D eigenvalue weighted by molar-refractivity contribution is 0.156. The Balaban J connectivity index is 2.44. The summed E-state index contributed by atoms with van der Waals surface area (Å²) in [4.78, 5) is 4.58. The summed E-state index contributed by atoms with van der Waals surface area (Å²) >= 11 is 0. The molecule has 1 heterocycles. The van der Waals surface area contributed by atoms with E-state index >= 15 is 0 Å². The molecule has 1 N–H and O–H groups in total. The number of methoxy groups -OCH3 is 1. The van der Waals surface area contributed by atoms with Gasteiger partial charge in [0.1, 0.15) is 0 Å². The largest absolute Gasteiger partial charge is 0.383 e. The average Bonchev–Trinajstić information content (AvgIpc) is 2.45. The van der Waals surface area contributed by atoms with Crippen molar-refractivity contribution in [3.63, 3.8) is 0 Å². The van der Waals surface area contributed by atoms with E-state index in [2.05, 4.69) is 24.2 Å². The van der Waals surface area contributed by atoms with Crippen LogP contribution in [0.4, 0.5) is 0 Å². The standard InChI is InChI=1S/C12H24N2O/c1-10(2)11(9-15-3)14-12-7-5-4-6-8-13-12/h10-11H,4-9H2,1-3H3,(H,13,14). The van der Waals surface area contributed by atoms with Crippen molar-refractivity contribution >= 4 is 5.84 Å². The number of rotatable bonds is 4. The molecule has 0 radical (unpaired) electrons. The molecule has 0 aromatic rings. The van der Waals surface area contributed by atoms with Crippen LogP contribution in [0, 0.1) is 5.92 Å². The van der Waals surface area contributed by atoms with Gasteiger partial charge in [0.25, 0.3) is 0 Å². The summed E-state index contributed by atoms with van der Waals surface area (Å²) in [6.07, 6.45) is 4.92. The van der Waals surface area contributed by atoms with Gasteiger partial charge in [0.15, 0.2) is 0 Å². The zero-order valence-corrected chi connectivity index (χ0v) is 10.3. The number of nitrogens with zero attached hydrogens (tertiary/aromatic N) is 1. The summed E-state index contributed by atoms with van der Waals surface area (Å²) in [6.45, 7) is 6.18. The second-order valence-corrected chi connectivity index (χ2v) is 4.59. The monoisotopic (exact) mass is 212 g/mol. The zero-order chi connectivity index (χ0) is 11.1. The number of aliphatic imine (C=N–C) groups is 1. The summed E-state index contributed by atoms with van der Waals surface area (Å²) in [5.74, 6) is 1.76. The highest BCUT2D eigenvalue weighted by Crippen LogP contribution is 2.09. The smallest absolute Gasteiger partial charge is 0.0966 e. The van der Waals surface area contributed by atoms with Crippen LogP contribution in [0.1, 0.15) is 39.5 Å². The van der Waals surface area contributed by atoms with E-state index in [1.54, 1.807) is 7.11 Å². The van der Waals surface area contributed by atoms with Crippen LogP contribution >= 0.6 is 0 Å². The minimum atomic E-state index is 0.395. The van der Waals surface area contributed by atoms with Crippen LogP contribution in [-0.2, 0) is 4.74 Å². The molecule has 0 fully saturated rings. The zero-order valence-electron chi connectivity index (χ0n) is 10.3. The maximum atomic E-state index is 5.22. The molecule has 0 aromatic heterocycles. The third kappa shape index (κ3) is 4.65. The topological polar surface area (TPSA) is 33.6 Å². The molecule has 0 aliphatic carbocycles. The molecule has 15 heavy (non-hydrogen) atoms. The molecule has 1 aliphatic rings. The Morgan fingerprint density at radius 2 is 2.13 bits per heavy atom. The molecule has 1 rings (SSSR count). The van der Waals surface area contributed by atoms with Crippen molar-refractivity contribution in [1.82, 2.24) is 5.32 Å². The van der Waals surface area contributed by atoms with Gasteiger partial charge < -0.3 is 10.1 Å². The second kappa shape index (κ2) is 6.83. The van der Waals surface area contributed by atoms with E-state index in [0.29, 0.717) is 12.0 Å². The van der Waals surface area contributed by atoms with Crippen LogP contribution in [0.2, 0.25) is 0 Å². The van der Waals surface area contributed by atoms with Crippen LogP contribution in [-0.4, -0.2) is 32.1 Å². The Morgan fingerprint density at radius 3 is 2.80 bits per heavy atom. The van der Waals surface area contributed by atoms with Gasteiger partial charge in [0, 0.05) is 20.1 Å². The summed E-state index contributed by atoms with van der Waals surface area (Å²) in [5, 5.41) is 3.52. The molecule has 1 unspecified atom stereocenters. The molecule has 0 saturated carbocycles. The van der Waals surface area contributed by atoms with E-state index in [4.69, 9.17) is 4.74 Å². The van der Waals surface area contributed by atoms with E-state index < -0.39 is 0 Å². The van der Waals surface area contributed by atoms with E-state index in [0.717, 1.165) is 19.6 Å². The lowest BCUT2D eigenvalue weighted by Crippen LogP contribution is -2.41. The predicted octanol–water partition coefficient (Wildman–Crippen LogP) is 2.22. The van der Waals surface area contributed by atoms with Crippen LogP contribution in [0.3, 0.4) is 0 Å². The molecule has 1 aliphatic heterocycles. The van der Waals surface area contributed by atoms with E-state index in [-0.39, 0.29) is 0 Å². The lowest BCUT2D eigenvalue weighted by atomic mass is 10.0. The molecule has 0 spiro atoms. The maximum absolute atomic E-state index is 5.22. The SMILES string of the molecule is COCC(NC1=NCCCCC1)C(C)C. The van der Waals surface area contributed by atoms with Gasteiger partial charge in [0.2, 0.25) is 0 Å². The Bertz CT molecular complexity index is 202. The van der Waals surface area contributed by atoms with E-state index in [9.17, 15) is 0 Å². The highest BCUT2D eigenvalue weighted by Gasteiger charge is 2.15. The van der Waals surface area contributed by atoms with Crippen LogP contribution in [0.5, 0.6) is 0 Å². The molecule has 0 saturated heterocycles. The van der Waals surface area contributed by atoms with Crippen molar-refractivity contribution in [3.05, 3.63) is 0 Å². The van der Waals surface area contributed by atoms with Crippen molar-refractivity contribution in [2.75, 3.05) is 20.3 Å². The van der Waals surface area contributed by atoms with Crippen molar-refractivity contribution in [1.29, 1.82) is 0 Å². The first kappa shape index (κ1) is 12.5. The lowest BCUT2D eigenvalue weighted by Gasteiger charge is -2.23. The summed E-state index contributed by atoms with van der Waals surface area (Å²) < 4.78 is 5.22. The molecule has 88 valence electrons. The Kier molecular flexibility index (Phi) is 5.69. The van der Waals surface area contributed by atoms with Gasteiger partial charge in [-0.3, -0.25) is 4.99 Å². The van der Waals surface area contributed by atoms with Gasteiger partial charge in [-0.1, -0.05) is 20.3 Å². The van der Waals surface area contributed by atoms with Crippen molar-refractivity contribution in [2.24, 2.45) is 10.9 Å². The van der Waals surface area contributed by atoms with E-state index in [1.807, 2.05) is 0 Å². The van der Waals surface area contributed by atoms with E-state index in [1.165, 1.54) is 25.1 Å². The number of amidine groups is 1. The highest BCUT2D eigenvalue weighted by molar-refractivity contribution is 5.82. The highest BCUT2D eigenvalue weighted by atomic mass is 16.5. The minimum absolute atomic E-state index is 0.395. The molecule has 0 aromatic carbocycles. The molecule has 0 amide bonds. The summed E-state index contributed by atoms with van der Waals surface area (Å²) in [6, 6.07) is 0.395. The third-order valence-corrected chi connectivity index (χ3v) is 2.88. The number of ether oxygens (including phenoxy) is 1. The van der Waals surface area contributed by atoms with Gasteiger partial charge in [-0.05, 0) is 18.8 Å².